The van der Waals surface area contributed by atoms with Crippen molar-refractivity contribution < 1.29 is 24.5 Å². The number of piperidine rings is 3. The van der Waals surface area contributed by atoms with Crippen molar-refractivity contribution in [1.82, 2.24) is 9.80 Å². The van der Waals surface area contributed by atoms with Crippen molar-refractivity contribution in [2.45, 2.75) is 86.6 Å². The average Bonchev–Trinajstić information content (AvgIpc) is 3.65. The molecule has 9 rings (SSSR count). The molecule has 2 amide bonds. The molecule has 204 valence electrons. The molecule has 0 aromatic heterocycles. The Balaban J connectivity index is 1.29. The third kappa shape index (κ3) is 2.86. The molecule has 0 radical (unpaired) electrons. The van der Waals surface area contributed by atoms with Gasteiger partial charge in [0.1, 0.15) is 11.7 Å². The number of aromatic hydroxyl groups is 1. The van der Waals surface area contributed by atoms with Gasteiger partial charge in [0.2, 0.25) is 11.8 Å². The van der Waals surface area contributed by atoms with Crippen LogP contribution in [0.1, 0.15) is 56.6 Å². The number of amides is 2. The summed E-state index contributed by atoms with van der Waals surface area (Å²) in [5.74, 6) is 0.902. The molecular weight excluding hydrogens is 494 g/mol. The zero-order chi connectivity index (χ0) is 26.7. The number of rotatable bonds is 5. The van der Waals surface area contributed by atoms with Crippen molar-refractivity contribution in [3.63, 3.8) is 0 Å². The fourth-order valence-electron chi connectivity index (χ4n) is 9.55. The molecular formula is C31H35N3O5. The molecule has 3 saturated heterocycles. The number of hydrogen-bond acceptors (Lipinski definition) is 6. The van der Waals surface area contributed by atoms with Gasteiger partial charge >= 0.3 is 0 Å². The Morgan fingerprint density at radius 1 is 1.10 bits per heavy atom. The Kier molecular flexibility index (Phi) is 4.73. The van der Waals surface area contributed by atoms with E-state index in [0.29, 0.717) is 30.2 Å². The van der Waals surface area contributed by atoms with Crippen LogP contribution in [0.3, 0.4) is 0 Å². The molecule has 8 nitrogen and oxygen atoms in total. The summed E-state index contributed by atoms with van der Waals surface area (Å²) >= 11 is 0. The number of nitrogens with zero attached hydrogens (tertiary/aromatic N) is 2. The quantitative estimate of drug-likeness (QED) is 0.551. The zero-order valence-corrected chi connectivity index (χ0v) is 22.2. The maximum absolute atomic E-state index is 13.8. The van der Waals surface area contributed by atoms with E-state index in [4.69, 9.17) is 4.74 Å². The minimum absolute atomic E-state index is 0.0206. The van der Waals surface area contributed by atoms with Crippen LogP contribution in [-0.4, -0.2) is 74.2 Å². The Hall–Kier alpha value is -3.10. The highest BCUT2D eigenvalue weighted by atomic mass is 16.5. The van der Waals surface area contributed by atoms with Crippen LogP contribution in [0.5, 0.6) is 11.5 Å². The summed E-state index contributed by atoms with van der Waals surface area (Å²) in [6.07, 6.45) is 4.46. The lowest BCUT2D eigenvalue weighted by Crippen LogP contribution is -2.92. The van der Waals surface area contributed by atoms with Gasteiger partial charge in [-0.3, -0.25) is 14.5 Å². The molecule has 8 heteroatoms. The van der Waals surface area contributed by atoms with Crippen LogP contribution in [0.25, 0.3) is 0 Å². The number of nitrogens with one attached hydrogen (secondary N) is 1. The van der Waals surface area contributed by atoms with Crippen LogP contribution in [0.2, 0.25) is 0 Å². The number of phenols is 1. The lowest BCUT2D eigenvalue weighted by atomic mass is 9.40. The first-order valence-electron chi connectivity index (χ1n) is 14.4. The smallest absolute Gasteiger partial charge is 0.226 e. The second kappa shape index (κ2) is 7.76. The monoisotopic (exact) mass is 529 g/mol. The third-order valence-electron chi connectivity index (χ3n) is 11.0. The number of carbonyl (C=O) groups is 2. The van der Waals surface area contributed by atoms with E-state index < -0.39 is 28.7 Å². The van der Waals surface area contributed by atoms with Gasteiger partial charge in [0.05, 0.1) is 23.4 Å². The zero-order valence-electron chi connectivity index (χ0n) is 22.2. The molecule has 4 aliphatic heterocycles. The van der Waals surface area contributed by atoms with Gasteiger partial charge in [0.15, 0.2) is 11.5 Å². The second-order valence-electron chi connectivity index (χ2n) is 12.8. The van der Waals surface area contributed by atoms with E-state index in [1.165, 1.54) is 12.8 Å². The van der Waals surface area contributed by atoms with Gasteiger partial charge in [0.25, 0.3) is 0 Å². The third-order valence-corrected chi connectivity index (χ3v) is 11.0. The van der Waals surface area contributed by atoms with Crippen molar-refractivity contribution in [1.29, 1.82) is 0 Å². The number of ether oxygens (including phenoxy) is 1. The Labute approximate surface area is 227 Å². The number of anilines is 1. The van der Waals surface area contributed by atoms with Gasteiger partial charge in [-0.1, -0.05) is 24.3 Å². The van der Waals surface area contributed by atoms with E-state index in [0.717, 1.165) is 37.1 Å². The topological polar surface area (TPSA) is 102 Å². The van der Waals surface area contributed by atoms with Crippen LogP contribution in [0.4, 0.5) is 5.69 Å². The molecule has 2 aromatic carbocycles. The summed E-state index contributed by atoms with van der Waals surface area (Å²) in [5.41, 5.74) is 0.162. The predicted molar refractivity (Wildman–Crippen MR) is 144 cm³/mol. The number of carbonyl (C=O) groups excluding carboxylic acids is 2. The SMILES string of the molecule is CC(=O)N1[C@@H](CC(=O)Nc2ccccc2)[C@]2(O)CC[C@]13[C@H]1Cc4ccc(O)c5c4[C@]3(CCN1CC1CC1)[C@H]2O5. The molecule has 0 unspecified atom stereocenters. The number of fused-ring (bicyclic) bond motifs is 2. The largest absolute Gasteiger partial charge is 0.504 e. The summed E-state index contributed by atoms with van der Waals surface area (Å²) in [4.78, 5) is 31.7. The summed E-state index contributed by atoms with van der Waals surface area (Å²) in [6, 6.07) is 12.3. The highest BCUT2D eigenvalue weighted by Crippen LogP contribution is 2.72. The number of benzene rings is 2. The molecule has 6 atom stereocenters. The molecule has 7 aliphatic rings. The Morgan fingerprint density at radius 2 is 1.90 bits per heavy atom. The first kappa shape index (κ1) is 23.8. The van der Waals surface area contributed by atoms with Gasteiger partial charge in [-0.05, 0) is 74.8 Å². The highest BCUT2D eigenvalue weighted by Gasteiger charge is 2.83. The number of phenolic OH excluding ortho intramolecular Hbond substituents is 1. The second-order valence-corrected chi connectivity index (χ2v) is 12.8. The maximum Gasteiger partial charge on any atom is 0.226 e. The van der Waals surface area contributed by atoms with Gasteiger partial charge in [-0.15, -0.1) is 0 Å². The first-order chi connectivity index (χ1) is 18.8. The molecule has 2 saturated carbocycles. The fraction of sp³-hybridized carbons (Fsp3) is 0.548. The maximum atomic E-state index is 13.8. The lowest BCUT2D eigenvalue weighted by Gasteiger charge is -2.76. The Morgan fingerprint density at radius 3 is 2.64 bits per heavy atom. The summed E-state index contributed by atoms with van der Waals surface area (Å²) in [6.45, 7) is 3.48. The minimum atomic E-state index is -1.43. The summed E-state index contributed by atoms with van der Waals surface area (Å²) < 4.78 is 6.64. The van der Waals surface area contributed by atoms with Crippen LogP contribution >= 0.6 is 0 Å². The molecule has 39 heavy (non-hydrogen) atoms. The van der Waals surface area contributed by atoms with E-state index in [1.807, 2.05) is 41.3 Å². The van der Waals surface area contributed by atoms with Crippen molar-refractivity contribution in [3.05, 3.63) is 53.6 Å². The van der Waals surface area contributed by atoms with Gasteiger partial charge in [-0.2, -0.15) is 0 Å². The standard InChI is InChI=1S/C31H35N3O5/c1-18(35)34-23(16-25(37)32-21-5-3-2-4-6-21)30(38)11-12-31(34)24-15-20-9-10-22(36)27-26(20)29(31,28(30)39-27)13-14-33(24)17-19-7-8-19/h2-6,9-10,19,23-24,28,36,38H,7-8,11-17H2,1H3,(H,32,37)/t23-,24+,28+,29+,30+,31+/m0/s1. The molecule has 5 fully saturated rings. The number of hydrogen-bond donors (Lipinski definition) is 3. The van der Waals surface area contributed by atoms with Crippen molar-refractivity contribution >= 4 is 17.5 Å². The summed E-state index contributed by atoms with van der Waals surface area (Å²) in [7, 11) is 0. The molecule has 2 spiro atoms. The van der Waals surface area contributed by atoms with E-state index in [-0.39, 0.29) is 30.0 Å². The minimum Gasteiger partial charge on any atom is -0.504 e. The van der Waals surface area contributed by atoms with E-state index in [9.17, 15) is 19.8 Å². The van der Waals surface area contributed by atoms with Crippen molar-refractivity contribution in [3.8, 4) is 11.5 Å². The van der Waals surface area contributed by atoms with Crippen molar-refractivity contribution in [2.24, 2.45) is 5.92 Å². The molecule has 4 heterocycles. The van der Waals surface area contributed by atoms with Gasteiger partial charge in [-0.25, -0.2) is 0 Å². The molecule has 3 N–H and O–H groups in total. The lowest BCUT2D eigenvalue weighted by molar-refractivity contribution is -0.284. The number of likely N-dealkylation sites (tertiary alicyclic amines) is 1. The first-order valence-corrected chi connectivity index (χ1v) is 14.4. The van der Waals surface area contributed by atoms with Gasteiger partial charge in [0, 0.05) is 30.8 Å². The van der Waals surface area contributed by atoms with Crippen LogP contribution in [0, 0.1) is 5.92 Å². The summed E-state index contributed by atoms with van der Waals surface area (Å²) in [5, 5.41) is 26.5. The van der Waals surface area contributed by atoms with Crippen LogP contribution in [0.15, 0.2) is 42.5 Å². The van der Waals surface area contributed by atoms with E-state index in [2.05, 4.69) is 10.2 Å². The number of para-hydroxylation sites is 1. The molecule has 3 aliphatic carbocycles. The average molecular weight is 530 g/mol. The predicted octanol–water partition coefficient (Wildman–Crippen LogP) is 2.95. The number of aliphatic hydroxyl groups is 1. The Bertz CT molecular complexity index is 1390. The molecule has 4 bridgehead atoms. The van der Waals surface area contributed by atoms with Crippen LogP contribution < -0.4 is 10.1 Å². The van der Waals surface area contributed by atoms with E-state index in [1.54, 1.807) is 13.0 Å². The van der Waals surface area contributed by atoms with Gasteiger partial charge < -0.3 is 25.2 Å². The fourth-order valence-corrected chi connectivity index (χ4v) is 9.55. The normalized spacial score (nSPS) is 37.3. The van der Waals surface area contributed by atoms with E-state index >= 15 is 0 Å². The highest BCUT2D eigenvalue weighted by molar-refractivity contribution is 5.92. The molecule has 2 aromatic rings. The van der Waals surface area contributed by atoms with Crippen molar-refractivity contribution in [2.75, 3.05) is 18.4 Å². The van der Waals surface area contributed by atoms with Crippen LogP contribution in [-0.2, 0) is 21.4 Å².